The highest BCUT2D eigenvalue weighted by Gasteiger charge is 2.21. The zero-order valence-electron chi connectivity index (χ0n) is 46.7. The molecule has 0 aliphatic rings. The van der Waals surface area contributed by atoms with E-state index in [2.05, 4.69) is 144 Å². The van der Waals surface area contributed by atoms with Crippen LogP contribution >= 0.6 is 15.6 Å². The van der Waals surface area contributed by atoms with Crippen molar-refractivity contribution in [1.29, 1.82) is 0 Å². The Morgan fingerprint density at radius 3 is 0.679 bits per heavy atom. The first-order valence-corrected chi connectivity index (χ1v) is 31.3. The van der Waals surface area contributed by atoms with Crippen molar-refractivity contribution in [2.24, 2.45) is 0 Å². The van der Waals surface area contributed by atoms with Crippen molar-refractivity contribution >= 4 is 80.3 Å². The van der Waals surface area contributed by atoms with Gasteiger partial charge in [0.1, 0.15) is 0 Å². The summed E-state index contributed by atoms with van der Waals surface area (Å²) in [6.07, 6.45) is 5.97. The maximum absolute atomic E-state index is 12.7. The molecule has 10 nitrogen and oxygen atoms in total. The van der Waals surface area contributed by atoms with Gasteiger partial charge in [0.25, 0.3) is 0 Å². The maximum Gasteiger partial charge on any atom is 0.472 e. The van der Waals surface area contributed by atoms with Crippen LogP contribution in [-0.4, -0.2) is 59.6 Å². The summed E-state index contributed by atoms with van der Waals surface area (Å²) in [4.78, 5) is 20.8. The van der Waals surface area contributed by atoms with Crippen molar-refractivity contribution in [3.05, 3.63) is 179 Å². The van der Waals surface area contributed by atoms with E-state index in [1.807, 2.05) is 72.8 Å². The number of benzene rings is 9. The highest BCUT2D eigenvalue weighted by Crippen LogP contribution is 2.44. The second-order valence-electron chi connectivity index (χ2n) is 19.9. The zero-order valence-corrected chi connectivity index (χ0v) is 48.5. The first kappa shape index (κ1) is 60.6. The van der Waals surface area contributed by atoms with Gasteiger partial charge in [-0.05, 0) is 176 Å². The molecule has 0 radical (unpaired) electrons. The van der Waals surface area contributed by atoms with Crippen molar-refractivity contribution in [3.63, 3.8) is 0 Å². The molecule has 0 aliphatic carbocycles. The smallest absolute Gasteiger partial charge is 0.396 e. The SMILES string of the molecule is O=P(O)(OCCCC#Cc1ccc(C#CCCCO)c2cc3ccccc3cc12)OCCCC#Cc1ccc(C#CCCCOP(=O)(O)OCCCC#Cc2ccc(C#CCCCO)c3cc4ccccc4cc23)c2cc3ccccc3cc12. The van der Waals surface area contributed by atoms with E-state index in [0.29, 0.717) is 77.0 Å². The van der Waals surface area contributed by atoms with Gasteiger partial charge in [0, 0.05) is 85.1 Å². The third kappa shape index (κ3) is 17.1. The summed E-state index contributed by atoms with van der Waals surface area (Å²) in [5, 5.41) is 30.8. The molecule has 422 valence electrons. The lowest BCUT2D eigenvalue weighted by molar-refractivity contribution is 0.146. The van der Waals surface area contributed by atoms with E-state index >= 15 is 0 Å². The molecular formula is C72H64O10P2. The van der Waals surface area contributed by atoms with Crippen LogP contribution in [0.3, 0.4) is 0 Å². The van der Waals surface area contributed by atoms with Crippen molar-refractivity contribution in [3.8, 4) is 71.0 Å². The minimum Gasteiger partial charge on any atom is -0.396 e. The van der Waals surface area contributed by atoms with Crippen molar-refractivity contribution < 1.29 is 47.2 Å². The van der Waals surface area contributed by atoms with Crippen LogP contribution in [0.2, 0.25) is 0 Å². The Morgan fingerprint density at radius 1 is 0.298 bits per heavy atom. The van der Waals surface area contributed by atoms with Crippen LogP contribution in [0.1, 0.15) is 110 Å². The van der Waals surface area contributed by atoms with Crippen LogP contribution in [0.4, 0.5) is 0 Å². The van der Waals surface area contributed by atoms with Gasteiger partial charge in [-0.1, -0.05) is 144 Å². The first-order chi connectivity index (χ1) is 41.1. The molecule has 0 aliphatic heterocycles. The highest BCUT2D eigenvalue weighted by molar-refractivity contribution is 7.47. The van der Waals surface area contributed by atoms with Crippen LogP contribution in [0.15, 0.2) is 146 Å². The number of rotatable bonds is 20. The van der Waals surface area contributed by atoms with Crippen LogP contribution < -0.4 is 0 Å². The Hall–Kier alpha value is -7.96. The summed E-state index contributed by atoms with van der Waals surface area (Å²) in [6.45, 7) is 0.224. The number of fused-ring (bicyclic) bond motifs is 6. The lowest BCUT2D eigenvalue weighted by Gasteiger charge is -2.11. The molecule has 0 saturated carbocycles. The molecule has 0 spiro atoms. The summed E-state index contributed by atoms with van der Waals surface area (Å²) in [5.74, 6) is 38.8. The molecule has 9 rings (SSSR count). The number of aliphatic hydroxyl groups excluding tert-OH is 2. The second-order valence-corrected chi connectivity index (χ2v) is 22.8. The highest BCUT2D eigenvalue weighted by atomic mass is 31.2. The molecule has 84 heavy (non-hydrogen) atoms. The minimum absolute atomic E-state index is 0.00518. The predicted molar refractivity (Wildman–Crippen MR) is 339 cm³/mol. The minimum atomic E-state index is -4.28. The fourth-order valence-corrected chi connectivity index (χ4v) is 11.1. The topological polar surface area (TPSA) is 152 Å². The van der Waals surface area contributed by atoms with Gasteiger partial charge in [-0.3, -0.25) is 18.1 Å². The number of phosphoric ester groups is 2. The predicted octanol–water partition coefficient (Wildman–Crippen LogP) is 15.0. The lowest BCUT2D eigenvalue weighted by atomic mass is 9.96. The Labute approximate surface area is 491 Å². The molecule has 12 heteroatoms. The summed E-state index contributed by atoms with van der Waals surface area (Å²) in [5.41, 5.74) is 5.21. The van der Waals surface area contributed by atoms with Crippen molar-refractivity contribution in [2.75, 3.05) is 39.6 Å². The van der Waals surface area contributed by atoms with Crippen LogP contribution in [0.5, 0.6) is 0 Å². The van der Waals surface area contributed by atoms with E-state index in [1.54, 1.807) is 0 Å². The van der Waals surface area contributed by atoms with Gasteiger partial charge in [0.2, 0.25) is 0 Å². The molecule has 9 aromatic rings. The van der Waals surface area contributed by atoms with Crippen molar-refractivity contribution in [1.82, 2.24) is 0 Å². The normalized spacial score (nSPS) is 12.3. The Morgan fingerprint density at radius 2 is 0.488 bits per heavy atom. The van der Waals surface area contributed by atoms with Gasteiger partial charge in [0.05, 0.1) is 26.4 Å². The van der Waals surface area contributed by atoms with Crippen LogP contribution in [-0.2, 0) is 27.2 Å². The van der Waals surface area contributed by atoms with E-state index in [4.69, 9.17) is 28.3 Å². The van der Waals surface area contributed by atoms with Crippen molar-refractivity contribution in [2.45, 2.75) is 77.0 Å². The van der Waals surface area contributed by atoms with E-state index in [9.17, 15) is 18.9 Å². The third-order valence-electron chi connectivity index (χ3n) is 13.7. The van der Waals surface area contributed by atoms with E-state index < -0.39 is 15.6 Å². The van der Waals surface area contributed by atoms with E-state index in [-0.39, 0.29) is 39.6 Å². The number of unbranched alkanes of at least 4 members (excludes halogenated alkanes) is 6. The average Bonchev–Trinajstić information content (AvgIpc) is 2.42. The fourth-order valence-electron chi connectivity index (χ4n) is 9.47. The molecule has 2 unspecified atom stereocenters. The van der Waals surface area contributed by atoms with E-state index in [0.717, 1.165) is 98.0 Å². The van der Waals surface area contributed by atoms with Gasteiger partial charge < -0.3 is 20.0 Å². The van der Waals surface area contributed by atoms with Gasteiger partial charge >= 0.3 is 15.6 Å². The van der Waals surface area contributed by atoms with E-state index in [1.165, 1.54) is 0 Å². The van der Waals surface area contributed by atoms with Gasteiger partial charge in [-0.2, -0.15) is 0 Å². The molecule has 2 atom stereocenters. The molecule has 9 aromatic carbocycles. The van der Waals surface area contributed by atoms with Crippen LogP contribution in [0.25, 0.3) is 64.6 Å². The fraction of sp³-hybridized carbons (Fsp3) is 0.250. The molecule has 0 bridgehead atoms. The molecule has 0 saturated heterocycles. The Kier molecular flexibility index (Phi) is 22.0. The lowest BCUT2D eigenvalue weighted by Crippen LogP contribution is -1.98. The Balaban J connectivity index is 0.713. The van der Waals surface area contributed by atoms with Gasteiger partial charge in [-0.15, -0.1) is 0 Å². The molecule has 0 heterocycles. The summed E-state index contributed by atoms with van der Waals surface area (Å²) < 4.78 is 46.5. The maximum atomic E-state index is 12.7. The Bertz CT molecular complexity index is 4080. The quantitative estimate of drug-likeness (QED) is 0.0251. The standard InChI is InChI=1S/C72H64O10P2/c73-43-19-1-7-25-55-37-39-57(69-51-63-33-15-13-31-61(63)49-67(55)69)27-9-3-21-45-79-83(75,76)81-47-23-5-11-29-59-41-42-60(72-54-66-36-18-17-35-65(66)53-71(59)72)30-12-6-24-48-82-84(77,78)80-46-22-4-10-28-58-40-38-56(26-8-2-20-44-74)68-50-62-32-14-16-34-64(62)52-70(58)68/h13-18,31-42,49-54,73-74H,1-6,19-24,43-48H2,(H,75,76)(H,77,78). The number of hydrogen-bond donors (Lipinski definition) is 4. The number of hydrogen-bond acceptors (Lipinski definition) is 8. The zero-order chi connectivity index (χ0) is 58.4. The summed E-state index contributed by atoms with van der Waals surface area (Å²) in [7, 11) is -8.56. The third-order valence-corrected chi connectivity index (χ3v) is 15.7. The number of phosphoric acid groups is 2. The summed E-state index contributed by atoms with van der Waals surface area (Å²) in [6, 6.07) is 49.0. The summed E-state index contributed by atoms with van der Waals surface area (Å²) >= 11 is 0. The monoisotopic (exact) mass is 1150 g/mol. The average molecular weight is 1150 g/mol. The molecular weight excluding hydrogens is 1090 g/mol. The largest absolute Gasteiger partial charge is 0.472 e. The molecule has 0 aromatic heterocycles. The first-order valence-electron chi connectivity index (χ1n) is 28.3. The second kappa shape index (κ2) is 30.5. The van der Waals surface area contributed by atoms with Gasteiger partial charge in [-0.25, -0.2) is 9.13 Å². The van der Waals surface area contributed by atoms with Gasteiger partial charge in [0.15, 0.2) is 0 Å². The molecule has 4 N–H and O–H groups in total. The van der Waals surface area contributed by atoms with Crippen LogP contribution in [0, 0.1) is 71.0 Å². The molecule has 0 fully saturated rings. The number of aliphatic hydroxyl groups is 2. The molecule has 0 amide bonds.